The van der Waals surface area contributed by atoms with Crippen molar-refractivity contribution in [3.8, 4) is 0 Å². The lowest BCUT2D eigenvalue weighted by Crippen LogP contribution is -2.39. The molecule has 0 aromatic rings. The predicted molar refractivity (Wildman–Crippen MR) is 51.0 cm³/mol. The number of amides is 1. The Kier molecular flexibility index (Phi) is 4.24. The second-order valence-corrected chi connectivity index (χ2v) is 4.31. The van der Waals surface area contributed by atoms with Gasteiger partial charge >= 0.3 is 0 Å². The quantitative estimate of drug-likeness (QED) is 0.677. The highest BCUT2D eigenvalue weighted by Gasteiger charge is 2.18. The molecule has 0 fully saturated rings. The van der Waals surface area contributed by atoms with E-state index < -0.39 is 0 Å². The Morgan fingerprint density at radius 3 is 2.25 bits per heavy atom. The van der Waals surface area contributed by atoms with Crippen LogP contribution in [-0.2, 0) is 4.79 Å². The molecule has 0 heterocycles. The Morgan fingerprint density at radius 2 is 1.92 bits per heavy atom. The first kappa shape index (κ1) is 11.4. The van der Waals surface area contributed by atoms with Gasteiger partial charge in [-0.2, -0.15) is 0 Å². The average Bonchev–Trinajstić information content (AvgIpc) is 1.81. The van der Waals surface area contributed by atoms with Gasteiger partial charge < -0.3 is 10.2 Å². The first-order valence-corrected chi connectivity index (χ1v) is 4.23. The van der Waals surface area contributed by atoms with Crippen LogP contribution in [0.25, 0.3) is 0 Å². The van der Waals surface area contributed by atoms with Crippen LogP contribution in [-0.4, -0.2) is 38.0 Å². The molecule has 0 aliphatic heterocycles. The van der Waals surface area contributed by atoms with Crippen LogP contribution in [0.4, 0.5) is 0 Å². The minimum absolute atomic E-state index is 0.0434. The minimum Gasteiger partial charge on any atom is -0.356 e. The van der Waals surface area contributed by atoms with E-state index in [2.05, 4.69) is 24.1 Å². The summed E-state index contributed by atoms with van der Waals surface area (Å²) in [6.07, 6.45) is 0. The van der Waals surface area contributed by atoms with Crippen molar-refractivity contribution >= 4 is 5.91 Å². The Labute approximate surface area is 75.1 Å². The van der Waals surface area contributed by atoms with E-state index in [1.165, 1.54) is 0 Å². The fourth-order valence-electron chi connectivity index (χ4n) is 1.28. The monoisotopic (exact) mass is 172 g/mol. The Bertz CT molecular complexity index is 153. The summed E-state index contributed by atoms with van der Waals surface area (Å²) in [7, 11) is 4.07. The number of rotatable bonds is 4. The highest BCUT2D eigenvalue weighted by molar-refractivity contribution is 5.72. The summed E-state index contributed by atoms with van der Waals surface area (Å²) in [5, 5.41) is 2.83. The molecule has 0 spiro atoms. The summed E-state index contributed by atoms with van der Waals surface area (Å²) in [5.74, 6) is 0.0434. The molecule has 0 aromatic carbocycles. The molecular formula is C9H20N2O. The third kappa shape index (κ3) is 6.16. The highest BCUT2D eigenvalue weighted by Crippen LogP contribution is 2.13. The maximum absolute atomic E-state index is 10.7. The molecule has 0 atom stereocenters. The van der Waals surface area contributed by atoms with Gasteiger partial charge in [0.1, 0.15) is 0 Å². The topological polar surface area (TPSA) is 32.3 Å². The number of carbonyl (C=O) groups is 1. The van der Waals surface area contributed by atoms with Gasteiger partial charge in [-0.1, -0.05) is 13.8 Å². The van der Waals surface area contributed by atoms with Crippen molar-refractivity contribution in [3.05, 3.63) is 0 Å². The molecule has 0 aromatic heterocycles. The normalized spacial score (nSPS) is 11.8. The lowest BCUT2D eigenvalue weighted by atomic mass is 9.93. The molecule has 3 nitrogen and oxygen atoms in total. The summed E-state index contributed by atoms with van der Waals surface area (Å²) in [6.45, 7) is 7.55. The maximum atomic E-state index is 10.7. The van der Waals surface area contributed by atoms with Crippen molar-refractivity contribution in [2.45, 2.75) is 20.8 Å². The lowest BCUT2D eigenvalue weighted by Gasteiger charge is -2.28. The Morgan fingerprint density at radius 1 is 1.42 bits per heavy atom. The van der Waals surface area contributed by atoms with Gasteiger partial charge in [0.15, 0.2) is 0 Å². The van der Waals surface area contributed by atoms with Crippen LogP contribution in [0, 0.1) is 5.41 Å². The van der Waals surface area contributed by atoms with Crippen molar-refractivity contribution in [2.24, 2.45) is 5.41 Å². The largest absolute Gasteiger partial charge is 0.356 e. The minimum atomic E-state index is 0.0434. The van der Waals surface area contributed by atoms with E-state index >= 15 is 0 Å². The van der Waals surface area contributed by atoms with E-state index in [4.69, 9.17) is 0 Å². The maximum Gasteiger partial charge on any atom is 0.216 e. The molecule has 0 saturated carbocycles. The highest BCUT2D eigenvalue weighted by atomic mass is 16.1. The molecular weight excluding hydrogens is 152 g/mol. The van der Waals surface area contributed by atoms with E-state index in [0.717, 1.165) is 13.1 Å². The molecule has 0 radical (unpaired) electrons. The van der Waals surface area contributed by atoms with Gasteiger partial charge in [0, 0.05) is 20.0 Å². The predicted octanol–water partition coefficient (Wildman–Crippen LogP) is 0.710. The first-order valence-electron chi connectivity index (χ1n) is 4.23. The Hall–Kier alpha value is -0.570. The number of hydrogen-bond acceptors (Lipinski definition) is 2. The van der Waals surface area contributed by atoms with Gasteiger partial charge in [0.2, 0.25) is 5.91 Å². The van der Waals surface area contributed by atoms with Crippen LogP contribution in [0.1, 0.15) is 20.8 Å². The summed E-state index contributed by atoms with van der Waals surface area (Å²) >= 11 is 0. The molecule has 12 heavy (non-hydrogen) atoms. The fourth-order valence-corrected chi connectivity index (χ4v) is 1.28. The van der Waals surface area contributed by atoms with Crippen molar-refractivity contribution < 1.29 is 4.79 Å². The number of carbonyl (C=O) groups excluding carboxylic acids is 1. The van der Waals surface area contributed by atoms with Crippen LogP contribution >= 0.6 is 0 Å². The SMILES string of the molecule is CC(=O)NCC(C)(C)CN(C)C. The van der Waals surface area contributed by atoms with Crippen LogP contribution in [0.5, 0.6) is 0 Å². The zero-order valence-electron chi connectivity index (χ0n) is 8.77. The fraction of sp³-hybridized carbons (Fsp3) is 0.889. The van der Waals surface area contributed by atoms with Gasteiger partial charge in [0.25, 0.3) is 0 Å². The standard InChI is InChI=1S/C9H20N2O/c1-8(12)10-6-9(2,3)7-11(4)5/h6-7H2,1-5H3,(H,10,12). The number of nitrogens with one attached hydrogen (secondary N) is 1. The zero-order chi connectivity index (χ0) is 9.78. The second kappa shape index (κ2) is 4.45. The van der Waals surface area contributed by atoms with Gasteiger partial charge in [-0.3, -0.25) is 4.79 Å². The molecule has 0 bridgehead atoms. The van der Waals surface area contributed by atoms with Crippen LogP contribution in [0.15, 0.2) is 0 Å². The molecule has 0 rings (SSSR count). The summed E-state index contributed by atoms with van der Waals surface area (Å²) in [6, 6.07) is 0. The molecule has 1 N–H and O–H groups in total. The van der Waals surface area contributed by atoms with Gasteiger partial charge in [-0.05, 0) is 19.5 Å². The third-order valence-corrected chi connectivity index (χ3v) is 1.56. The smallest absolute Gasteiger partial charge is 0.216 e. The van der Waals surface area contributed by atoms with Crippen molar-refractivity contribution in [1.82, 2.24) is 10.2 Å². The summed E-state index contributed by atoms with van der Waals surface area (Å²) in [4.78, 5) is 12.8. The Balaban J connectivity index is 3.78. The summed E-state index contributed by atoms with van der Waals surface area (Å²) in [5.41, 5.74) is 0.148. The van der Waals surface area contributed by atoms with Crippen LogP contribution in [0.3, 0.4) is 0 Å². The second-order valence-electron chi connectivity index (χ2n) is 4.31. The summed E-state index contributed by atoms with van der Waals surface area (Å²) < 4.78 is 0. The molecule has 0 unspecified atom stereocenters. The van der Waals surface area contributed by atoms with Crippen molar-refractivity contribution in [3.63, 3.8) is 0 Å². The molecule has 0 aliphatic carbocycles. The number of nitrogens with zero attached hydrogens (tertiary/aromatic N) is 1. The zero-order valence-corrected chi connectivity index (χ0v) is 8.77. The molecule has 3 heteroatoms. The van der Waals surface area contributed by atoms with Gasteiger partial charge in [-0.25, -0.2) is 0 Å². The third-order valence-electron chi connectivity index (χ3n) is 1.56. The van der Waals surface area contributed by atoms with E-state index in [-0.39, 0.29) is 11.3 Å². The lowest BCUT2D eigenvalue weighted by molar-refractivity contribution is -0.119. The van der Waals surface area contributed by atoms with E-state index in [0.29, 0.717) is 0 Å². The molecule has 0 saturated heterocycles. The van der Waals surface area contributed by atoms with Crippen molar-refractivity contribution in [1.29, 1.82) is 0 Å². The van der Waals surface area contributed by atoms with E-state index in [9.17, 15) is 4.79 Å². The first-order chi connectivity index (χ1) is 5.33. The van der Waals surface area contributed by atoms with E-state index in [1.54, 1.807) is 6.92 Å². The molecule has 0 aliphatic rings. The number of hydrogen-bond donors (Lipinski definition) is 1. The van der Waals surface area contributed by atoms with Gasteiger partial charge in [0.05, 0.1) is 0 Å². The van der Waals surface area contributed by atoms with Crippen molar-refractivity contribution in [2.75, 3.05) is 27.2 Å². The molecule has 72 valence electrons. The van der Waals surface area contributed by atoms with Crippen LogP contribution in [0.2, 0.25) is 0 Å². The molecule has 1 amide bonds. The average molecular weight is 172 g/mol. The van der Waals surface area contributed by atoms with Crippen LogP contribution < -0.4 is 5.32 Å². The van der Waals surface area contributed by atoms with E-state index in [1.807, 2.05) is 14.1 Å². The van der Waals surface area contributed by atoms with Gasteiger partial charge in [-0.15, -0.1) is 0 Å².